The number of rotatable bonds is 5. The Morgan fingerprint density at radius 3 is 2.52 bits per heavy atom. The third-order valence-corrected chi connectivity index (χ3v) is 6.90. The van der Waals surface area contributed by atoms with Crippen molar-refractivity contribution in [3.8, 4) is 5.75 Å². The average Bonchev–Trinajstić information content (AvgIpc) is 2.82. The maximum absolute atomic E-state index is 13.1. The van der Waals surface area contributed by atoms with Crippen molar-refractivity contribution in [1.82, 2.24) is 9.88 Å². The van der Waals surface area contributed by atoms with Gasteiger partial charge in [-0.15, -0.1) is 0 Å². The van der Waals surface area contributed by atoms with Gasteiger partial charge in [-0.1, -0.05) is 34.6 Å². The quantitative estimate of drug-likeness (QED) is 0.582. The second-order valence-corrected chi connectivity index (χ2v) is 10.2. The Bertz CT molecular complexity index is 1050. The minimum Gasteiger partial charge on any atom is -0.490 e. The van der Waals surface area contributed by atoms with Crippen LogP contribution >= 0.6 is 0 Å². The lowest BCUT2D eigenvalue weighted by Gasteiger charge is -2.37. The summed E-state index contributed by atoms with van der Waals surface area (Å²) in [6.07, 6.45) is 4.52. The lowest BCUT2D eigenvalue weighted by atomic mass is 9.82. The number of hydrogen-bond donors (Lipinski definition) is 0. The molecule has 2 aliphatic heterocycles. The van der Waals surface area contributed by atoms with Gasteiger partial charge in [0.1, 0.15) is 18.2 Å². The van der Waals surface area contributed by atoms with Crippen LogP contribution in [-0.4, -0.2) is 47.8 Å². The third kappa shape index (κ3) is 4.75. The largest absolute Gasteiger partial charge is 0.490 e. The van der Waals surface area contributed by atoms with Crippen LogP contribution in [0.15, 0.2) is 30.5 Å². The molecule has 0 atom stereocenters. The number of hydrogen-bond acceptors (Lipinski definition) is 5. The Hall–Kier alpha value is -2.89. The standard InChI is InChI=1S/C27H35N3O3/c1-6-19-16-24(28-17-21(19)25(31)18(2)3)30-13-14-33-23-15-20(7-8-22(23)30)26(32)29-11-9-27(4,5)10-12-29/h7-8,15-18H,6,9-14H2,1-5H3. The highest BCUT2D eigenvalue weighted by Gasteiger charge is 2.29. The number of ether oxygens (including phenoxy) is 1. The molecule has 6 nitrogen and oxygen atoms in total. The van der Waals surface area contributed by atoms with Crippen LogP contribution in [0.5, 0.6) is 5.75 Å². The van der Waals surface area contributed by atoms with Crippen molar-refractivity contribution in [1.29, 1.82) is 0 Å². The van der Waals surface area contributed by atoms with Gasteiger partial charge >= 0.3 is 0 Å². The molecule has 1 fully saturated rings. The van der Waals surface area contributed by atoms with E-state index >= 15 is 0 Å². The number of Topliss-reactive ketones (excluding diaryl/α,β-unsaturated/α-hetero) is 1. The predicted molar refractivity (Wildman–Crippen MR) is 131 cm³/mol. The van der Waals surface area contributed by atoms with Crippen LogP contribution in [0, 0.1) is 11.3 Å². The number of aryl methyl sites for hydroxylation is 1. The number of anilines is 2. The number of carbonyl (C=O) groups excluding carboxylic acids is 2. The van der Waals surface area contributed by atoms with Crippen LogP contribution < -0.4 is 9.64 Å². The lowest BCUT2D eigenvalue weighted by Crippen LogP contribution is -2.41. The fourth-order valence-electron chi connectivity index (χ4n) is 4.55. The molecular weight excluding hydrogens is 414 g/mol. The van der Waals surface area contributed by atoms with Gasteiger partial charge in [-0.2, -0.15) is 0 Å². The molecule has 0 aliphatic carbocycles. The summed E-state index contributed by atoms with van der Waals surface area (Å²) in [7, 11) is 0. The fourth-order valence-corrected chi connectivity index (χ4v) is 4.55. The van der Waals surface area contributed by atoms with Gasteiger partial charge in [0, 0.05) is 36.3 Å². The van der Waals surface area contributed by atoms with E-state index in [9.17, 15) is 9.59 Å². The molecule has 3 heterocycles. The van der Waals surface area contributed by atoms with Crippen molar-refractivity contribution in [2.24, 2.45) is 11.3 Å². The summed E-state index contributed by atoms with van der Waals surface area (Å²) < 4.78 is 5.94. The topological polar surface area (TPSA) is 62.7 Å². The van der Waals surface area contributed by atoms with Crippen LogP contribution in [0.4, 0.5) is 11.5 Å². The van der Waals surface area contributed by atoms with E-state index < -0.39 is 0 Å². The van der Waals surface area contributed by atoms with E-state index in [-0.39, 0.29) is 17.6 Å². The van der Waals surface area contributed by atoms with E-state index in [4.69, 9.17) is 4.74 Å². The van der Waals surface area contributed by atoms with Crippen molar-refractivity contribution in [3.63, 3.8) is 0 Å². The summed E-state index contributed by atoms with van der Waals surface area (Å²) in [5, 5.41) is 0. The van der Waals surface area contributed by atoms with Gasteiger partial charge in [-0.25, -0.2) is 4.98 Å². The molecule has 1 saturated heterocycles. The molecule has 1 aromatic heterocycles. The molecular formula is C27H35N3O3. The van der Waals surface area contributed by atoms with Gasteiger partial charge in [0.15, 0.2) is 5.78 Å². The van der Waals surface area contributed by atoms with Crippen LogP contribution in [0.2, 0.25) is 0 Å². The second-order valence-electron chi connectivity index (χ2n) is 10.2. The molecule has 0 radical (unpaired) electrons. The molecule has 2 aromatic rings. The second kappa shape index (κ2) is 9.16. The van der Waals surface area contributed by atoms with E-state index in [0.717, 1.165) is 49.4 Å². The van der Waals surface area contributed by atoms with Crippen LogP contribution in [-0.2, 0) is 6.42 Å². The first-order valence-corrected chi connectivity index (χ1v) is 12.1. The number of nitrogens with zero attached hydrogens (tertiary/aromatic N) is 3. The normalized spacial score (nSPS) is 17.5. The summed E-state index contributed by atoms with van der Waals surface area (Å²) in [6.45, 7) is 13.2. The predicted octanol–water partition coefficient (Wildman–Crippen LogP) is 5.28. The number of benzene rings is 1. The van der Waals surface area contributed by atoms with Crippen molar-refractivity contribution >= 4 is 23.2 Å². The van der Waals surface area contributed by atoms with Crippen molar-refractivity contribution in [3.05, 3.63) is 47.2 Å². The number of fused-ring (bicyclic) bond motifs is 1. The van der Waals surface area contributed by atoms with Crippen LogP contribution in [0.1, 0.15) is 73.7 Å². The molecule has 1 amide bonds. The number of aromatic nitrogens is 1. The van der Waals surface area contributed by atoms with Crippen molar-refractivity contribution in [2.45, 2.75) is 53.9 Å². The first-order chi connectivity index (χ1) is 15.7. The molecule has 1 aromatic carbocycles. The number of piperidine rings is 1. The van der Waals surface area contributed by atoms with Gasteiger partial charge in [0.2, 0.25) is 0 Å². The molecule has 176 valence electrons. The molecule has 2 aliphatic rings. The zero-order valence-corrected chi connectivity index (χ0v) is 20.5. The number of amides is 1. The Balaban J connectivity index is 1.59. The first-order valence-electron chi connectivity index (χ1n) is 12.1. The van der Waals surface area contributed by atoms with Gasteiger partial charge in [0.05, 0.1) is 12.2 Å². The Morgan fingerprint density at radius 2 is 1.85 bits per heavy atom. The van der Waals surface area contributed by atoms with Crippen LogP contribution in [0.3, 0.4) is 0 Å². The van der Waals surface area contributed by atoms with Gasteiger partial charge in [0.25, 0.3) is 5.91 Å². The number of carbonyl (C=O) groups is 2. The Labute approximate surface area is 196 Å². The maximum atomic E-state index is 13.1. The molecule has 0 unspecified atom stereocenters. The molecule has 0 saturated carbocycles. The van der Waals surface area contributed by atoms with E-state index in [0.29, 0.717) is 35.4 Å². The number of pyridine rings is 1. The Morgan fingerprint density at radius 1 is 1.12 bits per heavy atom. The van der Waals surface area contributed by atoms with Gasteiger partial charge in [-0.05, 0) is 54.5 Å². The zero-order chi connectivity index (χ0) is 23.8. The number of ketones is 1. The fraction of sp³-hybridized carbons (Fsp3) is 0.519. The van der Waals surface area contributed by atoms with Crippen LogP contribution in [0.25, 0.3) is 0 Å². The monoisotopic (exact) mass is 449 g/mol. The highest BCUT2D eigenvalue weighted by molar-refractivity contribution is 5.99. The summed E-state index contributed by atoms with van der Waals surface area (Å²) in [5.74, 6) is 1.63. The minimum absolute atomic E-state index is 0.0611. The number of likely N-dealkylation sites (tertiary alicyclic amines) is 1. The molecule has 6 heteroatoms. The third-order valence-electron chi connectivity index (χ3n) is 6.90. The van der Waals surface area contributed by atoms with Gasteiger partial charge < -0.3 is 14.5 Å². The Kier molecular flexibility index (Phi) is 6.46. The van der Waals surface area contributed by atoms with Crippen molar-refractivity contribution < 1.29 is 14.3 Å². The summed E-state index contributed by atoms with van der Waals surface area (Å²) in [4.78, 5) is 34.4. The van der Waals surface area contributed by atoms with Crippen molar-refractivity contribution in [2.75, 3.05) is 31.1 Å². The van der Waals surface area contributed by atoms with Gasteiger partial charge in [-0.3, -0.25) is 9.59 Å². The molecule has 0 spiro atoms. The average molecular weight is 450 g/mol. The minimum atomic E-state index is -0.0611. The smallest absolute Gasteiger partial charge is 0.253 e. The first kappa shape index (κ1) is 23.3. The molecule has 0 N–H and O–H groups in total. The van der Waals surface area contributed by atoms with E-state index in [1.54, 1.807) is 6.20 Å². The molecule has 33 heavy (non-hydrogen) atoms. The highest BCUT2D eigenvalue weighted by atomic mass is 16.5. The highest BCUT2D eigenvalue weighted by Crippen LogP contribution is 2.38. The van der Waals surface area contributed by atoms with E-state index in [1.165, 1.54) is 0 Å². The molecule has 0 bridgehead atoms. The molecule has 4 rings (SSSR count). The SMILES string of the molecule is CCc1cc(N2CCOc3cc(C(=O)N4CCC(C)(C)CC4)ccc32)ncc1C(=O)C(C)C. The lowest BCUT2D eigenvalue weighted by molar-refractivity contribution is 0.0629. The summed E-state index contributed by atoms with van der Waals surface area (Å²) in [6, 6.07) is 7.72. The van der Waals surface area contributed by atoms with E-state index in [2.05, 4.69) is 30.7 Å². The zero-order valence-electron chi connectivity index (χ0n) is 20.5. The maximum Gasteiger partial charge on any atom is 0.253 e. The summed E-state index contributed by atoms with van der Waals surface area (Å²) in [5.41, 5.74) is 3.57. The van der Waals surface area contributed by atoms with E-state index in [1.807, 2.05) is 43.0 Å². The summed E-state index contributed by atoms with van der Waals surface area (Å²) >= 11 is 0.